The maximum atomic E-state index is 5.82. The number of aliphatic imine (C=N–C) groups is 1. The van der Waals surface area contributed by atoms with Gasteiger partial charge in [-0.25, -0.2) is 0 Å². The molecule has 0 spiro atoms. The minimum atomic E-state index is 0. The summed E-state index contributed by atoms with van der Waals surface area (Å²) >= 11 is 0. The minimum absolute atomic E-state index is 0. The van der Waals surface area contributed by atoms with Crippen LogP contribution in [0.4, 0.5) is 0 Å². The third-order valence-corrected chi connectivity index (χ3v) is 3.07. The second-order valence-corrected chi connectivity index (χ2v) is 4.81. The third kappa shape index (κ3) is 8.43. The molecular formula is C16H28IN3O2. The van der Waals surface area contributed by atoms with Gasteiger partial charge in [-0.05, 0) is 38.3 Å². The smallest absolute Gasteiger partial charge is 0.188 e. The summed E-state index contributed by atoms with van der Waals surface area (Å²) in [4.78, 5) is 4.26. The number of nitrogens with zero attached hydrogens (tertiary/aromatic N) is 1. The summed E-state index contributed by atoms with van der Waals surface area (Å²) in [6, 6.07) is 6.18. The first-order valence-electron chi connectivity index (χ1n) is 7.42. The fourth-order valence-corrected chi connectivity index (χ4v) is 1.99. The number of halogens is 1. The number of aryl methyl sites for hydroxylation is 1. The molecule has 1 rings (SSSR count). The molecule has 1 aromatic carbocycles. The lowest BCUT2D eigenvalue weighted by molar-refractivity contribution is 0.146. The lowest BCUT2D eigenvalue weighted by atomic mass is 10.1. The van der Waals surface area contributed by atoms with E-state index in [1.165, 1.54) is 11.1 Å². The molecule has 0 amide bonds. The number of nitrogens with one attached hydrogen (secondary N) is 1. The topological polar surface area (TPSA) is 68.9 Å². The largest absolute Gasteiger partial charge is 0.496 e. The number of nitrogens with two attached hydrogens (primary N) is 1. The zero-order chi connectivity index (χ0) is 15.5. The number of hydrogen-bond acceptors (Lipinski definition) is 3. The molecule has 1 aromatic rings. The molecule has 0 aromatic heterocycles. The highest BCUT2D eigenvalue weighted by atomic mass is 127. The summed E-state index contributed by atoms with van der Waals surface area (Å²) in [5.41, 5.74) is 8.22. The molecule has 0 unspecified atom stereocenters. The first-order valence-corrected chi connectivity index (χ1v) is 7.42. The molecule has 0 aliphatic carbocycles. The lowest BCUT2D eigenvalue weighted by Crippen LogP contribution is -2.33. The van der Waals surface area contributed by atoms with E-state index in [9.17, 15) is 0 Å². The Bertz CT molecular complexity index is 453. The summed E-state index contributed by atoms with van der Waals surface area (Å²) in [6.07, 6.45) is 1.74. The van der Waals surface area contributed by atoms with Gasteiger partial charge in [0, 0.05) is 26.3 Å². The van der Waals surface area contributed by atoms with Gasteiger partial charge in [0.2, 0.25) is 0 Å². The molecule has 0 bridgehead atoms. The predicted octanol–water partition coefficient (Wildman–Crippen LogP) is 2.50. The number of methoxy groups -OCH3 is 1. The van der Waals surface area contributed by atoms with Gasteiger partial charge in [-0.3, -0.25) is 4.99 Å². The number of benzene rings is 1. The van der Waals surface area contributed by atoms with Gasteiger partial charge in [0.1, 0.15) is 5.75 Å². The Morgan fingerprint density at radius 1 is 1.36 bits per heavy atom. The lowest BCUT2D eigenvalue weighted by Gasteiger charge is -2.10. The van der Waals surface area contributed by atoms with Crippen LogP contribution in [0, 0.1) is 6.92 Å². The first-order chi connectivity index (χ1) is 10.2. The monoisotopic (exact) mass is 421 g/mol. The van der Waals surface area contributed by atoms with Gasteiger partial charge in [-0.2, -0.15) is 0 Å². The number of guanidine groups is 1. The normalized spacial score (nSPS) is 11.0. The third-order valence-electron chi connectivity index (χ3n) is 3.07. The van der Waals surface area contributed by atoms with E-state index < -0.39 is 0 Å². The highest BCUT2D eigenvalue weighted by Gasteiger charge is 2.03. The van der Waals surface area contributed by atoms with Crippen molar-refractivity contribution in [1.29, 1.82) is 0 Å². The number of ether oxygens (including phenoxy) is 2. The summed E-state index contributed by atoms with van der Waals surface area (Å²) in [6.45, 7) is 6.96. The maximum absolute atomic E-state index is 5.82. The summed E-state index contributed by atoms with van der Waals surface area (Å²) < 4.78 is 10.6. The SMILES string of the molecule is CCOCCCN=C(N)NCCc1cc(C)ccc1OC.I. The van der Waals surface area contributed by atoms with Crippen molar-refractivity contribution in [1.82, 2.24) is 5.32 Å². The van der Waals surface area contributed by atoms with Crippen molar-refractivity contribution in [3.05, 3.63) is 29.3 Å². The van der Waals surface area contributed by atoms with E-state index in [1.807, 2.05) is 19.1 Å². The molecule has 3 N–H and O–H groups in total. The highest BCUT2D eigenvalue weighted by molar-refractivity contribution is 14.0. The Balaban J connectivity index is 0.00000441. The van der Waals surface area contributed by atoms with Gasteiger partial charge in [0.25, 0.3) is 0 Å². The van der Waals surface area contributed by atoms with Crippen LogP contribution in [-0.4, -0.2) is 39.4 Å². The van der Waals surface area contributed by atoms with E-state index >= 15 is 0 Å². The molecule has 0 saturated heterocycles. The molecular weight excluding hydrogens is 393 g/mol. The van der Waals surface area contributed by atoms with Crippen LogP contribution in [0.1, 0.15) is 24.5 Å². The van der Waals surface area contributed by atoms with Crippen LogP contribution in [0.15, 0.2) is 23.2 Å². The van der Waals surface area contributed by atoms with Crippen molar-refractivity contribution in [3.8, 4) is 5.75 Å². The Labute approximate surface area is 150 Å². The first kappa shape index (κ1) is 21.0. The van der Waals surface area contributed by atoms with Crippen molar-refractivity contribution < 1.29 is 9.47 Å². The zero-order valence-electron chi connectivity index (χ0n) is 13.7. The van der Waals surface area contributed by atoms with Crippen molar-refractivity contribution >= 4 is 29.9 Å². The van der Waals surface area contributed by atoms with Gasteiger partial charge >= 0.3 is 0 Å². The Morgan fingerprint density at radius 3 is 2.82 bits per heavy atom. The van der Waals surface area contributed by atoms with E-state index in [0.717, 1.165) is 38.3 Å². The van der Waals surface area contributed by atoms with Crippen molar-refractivity contribution in [2.24, 2.45) is 10.7 Å². The van der Waals surface area contributed by atoms with Gasteiger partial charge in [-0.15, -0.1) is 24.0 Å². The van der Waals surface area contributed by atoms with Gasteiger partial charge in [-0.1, -0.05) is 17.7 Å². The highest BCUT2D eigenvalue weighted by Crippen LogP contribution is 2.19. The number of hydrogen-bond donors (Lipinski definition) is 2. The Kier molecular flexibility index (Phi) is 11.9. The summed E-state index contributed by atoms with van der Waals surface area (Å²) in [5, 5.41) is 3.12. The Hall–Kier alpha value is -1.02. The quantitative estimate of drug-likeness (QED) is 0.278. The molecule has 0 atom stereocenters. The van der Waals surface area contributed by atoms with E-state index in [-0.39, 0.29) is 24.0 Å². The van der Waals surface area contributed by atoms with E-state index in [1.54, 1.807) is 7.11 Å². The Morgan fingerprint density at radius 2 is 2.14 bits per heavy atom. The second-order valence-electron chi connectivity index (χ2n) is 4.81. The van der Waals surface area contributed by atoms with Crippen molar-refractivity contribution in [3.63, 3.8) is 0 Å². The van der Waals surface area contributed by atoms with Crippen LogP contribution in [0.3, 0.4) is 0 Å². The molecule has 126 valence electrons. The molecule has 6 heteroatoms. The average Bonchev–Trinajstić information content (AvgIpc) is 2.47. The second kappa shape index (κ2) is 12.5. The van der Waals surface area contributed by atoms with Crippen LogP contribution in [-0.2, 0) is 11.2 Å². The van der Waals surface area contributed by atoms with Gasteiger partial charge < -0.3 is 20.5 Å². The fraction of sp³-hybridized carbons (Fsp3) is 0.562. The van der Waals surface area contributed by atoms with Gasteiger partial charge in [0.05, 0.1) is 7.11 Å². The van der Waals surface area contributed by atoms with E-state index in [4.69, 9.17) is 15.2 Å². The summed E-state index contributed by atoms with van der Waals surface area (Å²) in [5.74, 6) is 1.40. The molecule has 0 aliphatic rings. The van der Waals surface area contributed by atoms with Crippen LogP contribution in [0.25, 0.3) is 0 Å². The molecule has 0 radical (unpaired) electrons. The summed E-state index contributed by atoms with van der Waals surface area (Å²) in [7, 11) is 1.69. The van der Waals surface area contributed by atoms with Crippen LogP contribution in [0.2, 0.25) is 0 Å². The van der Waals surface area contributed by atoms with Crippen LogP contribution in [0.5, 0.6) is 5.75 Å². The van der Waals surface area contributed by atoms with E-state index in [2.05, 4.69) is 23.3 Å². The van der Waals surface area contributed by atoms with Gasteiger partial charge in [0.15, 0.2) is 5.96 Å². The molecule has 22 heavy (non-hydrogen) atoms. The zero-order valence-corrected chi connectivity index (χ0v) is 16.1. The van der Waals surface area contributed by atoms with E-state index in [0.29, 0.717) is 12.5 Å². The molecule has 0 fully saturated rings. The standard InChI is InChI=1S/C16H27N3O2.HI/c1-4-21-11-5-9-18-16(17)19-10-8-14-12-13(2)6-7-15(14)20-3;/h6-7,12H,4-5,8-11H2,1-3H3,(H3,17,18,19);1H. The average molecular weight is 421 g/mol. The number of rotatable bonds is 9. The van der Waals surface area contributed by atoms with Crippen LogP contribution < -0.4 is 15.8 Å². The van der Waals surface area contributed by atoms with Crippen molar-refractivity contribution in [2.75, 3.05) is 33.4 Å². The molecule has 0 saturated carbocycles. The fourth-order valence-electron chi connectivity index (χ4n) is 1.99. The molecule has 0 aliphatic heterocycles. The predicted molar refractivity (Wildman–Crippen MR) is 102 cm³/mol. The van der Waals surface area contributed by atoms with Crippen LogP contribution >= 0.6 is 24.0 Å². The van der Waals surface area contributed by atoms with Crippen molar-refractivity contribution in [2.45, 2.75) is 26.7 Å². The molecule has 5 nitrogen and oxygen atoms in total. The molecule has 0 heterocycles. The maximum Gasteiger partial charge on any atom is 0.188 e. The minimum Gasteiger partial charge on any atom is -0.496 e.